The lowest BCUT2D eigenvalue weighted by Gasteiger charge is -2.46. The van der Waals surface area contributed by atoms with Crippen LogP contribution in [0.15, 0.2) is 54.0 Å². The summed E-state index contributed by atoms with van der Waals surface area (Å²) in [5.74, 6) is 1.65. The van der Waals surface area contributed by atoms with Gasteiger partial charge in [-0.05, 0) is 29.5 Å². The van der Waals surface area contributed by atoms with Crippen LogP contribution in [0.25, 0.3) is 0 Å². The van der Waals surface area contributed by atoms with Crippen molar-refractivity contribution in [3.63, 3.8) is 0 Å². The van der Waals surface area contributed by atoms with Gasteiger partial charge in [0.1, 0.15) is 24.1 Å². The number of quaternary nitrogens is 1. The highest BCUT2D eigenvalue weighted by atomic mass is 32.1. The lowest BCUT2D eigenvalue weighted by Crippen LogP contribution is -3.20. The van der Waals surface area contributed by atoms with Crippen molar-refractivity contribution in [2.75, 3.05) is 13.1 Å². The van der Waals surface area contributed by atoms with Crippen LogP contribution >= 0.6 is 11.3 Å². The predicted octanol–water partition coefficient (Wildman–Crippen LogP) is 1.53. The van der Waals surface area contributed by atoms with Gasteiger partial charge in [0.15, 0.2) is 0 Å². The summed E-state index contributed by atoms with van der Waals surface area (Å²) in [5.41, 5.74) is 0.834. The zero-order valence-electron chi connectivity index (χ0n) is 17.4. The highest BCUT2D eigenvalue weighted by Crippen LogP contribution is 2.28. The maximum Gasteiger partial charge on any atom is 0.229 e. The standard InChI is InChI=1S/C23H27N5O2S/c29-23(24-12-21-7-4-10-31-21)22-15-27-9-8-17(22)11-19(27)14-28-13-18(25-26-28)16-30-20-5-2-1-3-6-20/h1-7,10,13,17,19,22H,8-9,11-12,14-16H2,(H,24,29)/p+1/t17-,19-,22+/m1/s1. The number of rotatable bonds is 8. The van der Waals surface area contributed by atoms with Gasteiger partial charge in [0.2, 0.25) is 5.91 Å². The number of carbonyl (C=O) groups excluding carboxylic acids is 1. The van der Waals surface area contributed by atoms with Crippen LogP contribution in [0.2, 0.25) is 0 Å². The number of piperidine rings is 3. The smallest absolute Gasteiger partial charge is 0.229 e. The third-order valence-electron chi connectivity index (χ3n) is 6.53. The van der Waals surface area contributed by atoms with Crippen molar-refractivity contribution in [3.8, 4) is 5.75 Å². The first-order chi connectivity index (χ1) is 15.2. The minimum absolute atomic E-state index is 0.130. The summed E-state index contributed by atoms with van der Waals surface area (Å²) in [7, 11) is 0. The molecule has 3 fully saturated rings. The Labute approximate surface area is 186 Å². The van der Waals surface area contributed by atoms with Gasteiger partial charge in [0.25, 0.3) is 0 Å². The quantitative estimate of drug-likeness (QED) is 0.560. The Bertz CT molecular complexity index is 991. The molecule has 4 atom stereocenters. The molecule has 3 aromatic rings. The minimum Gasteiger partial charge on any atom is -0.487 e. The molecular formula is C23H28N5O2S+. The number of amides is 1. The number of nitrogens with zero attached hydrogens (tertiary/aromatic N) is 3. The second-order valence-electron chi connectivity index (χ2n) is 8.53. The van der Waals surface area contributed by atoms with E-state index in [9.17, 15) is 4.79 Å². The van der Waals surface area contributed by atoms with E-state index in [1.54, 1.807) is 11.3 Å². The maximum atomic E-state index is 12.8. The molecule has 1 amide bonds. The van der Waals surface area contributed by atoms with E-state index in [1.807, 2.05) is 52.7 Å². The number of carbonyl (C=O) groups is 1. The van der Waals surface area contributed by atoms with Gasteiger partial charge in [0, 0.05) is 17.7 Å². The van der Waals surface area contributed by atoms with E-state index in [0.29, 0.717) is 25.1 Å². The Morgan fingerprint density at radius 1 is 1.26 bits per heavy atom. The van der Waals surface area contributed by atoms with Crippen LogP contribution in [0.1, 0.15) is 23.4 Å². The highest BCUT2D eigenvalue weighted by molar-refractivity contribution is 7.09. The Morgan fingerprint density at radius 3 is 2.94 bits per heavy atom. The van der Waals surface area contributed by atoms with Crippen molar-refractivity contribution in [2.24, 2.45) is 11.8 Å². The van der Waals surface area contributed by atoms with E-state index >= 15 is 0 Å². The number of aromatic nitrogens is 3. The van der Waals surface area contributed by atoms with Crippen molar-refractivity contribution >= 4 is 17.2 Å². The number of hydrogen-bond donors (Lipinski definition) is 2. The zero-order chi connectivity index (χ0) is 21.0. The van der Waals surface area contributed by atoms with Gasteiger partial charge in [-0.3, -0.25) is 4.79 Å². The summed E-state index contributed by atoms with van der Waals surface area (Å²) in [6.45, 7) is 3.96. The van der Waals surface area contributed by atoms with Crippen molar-refractivity contribution in [1.82, 2.24) is 20.3 Å². The number of benzene rings is 1. The van der Waals surface area contributed by atoms with Crippen LogP contribution in [0.4, 0.5) is 0 Å². The minimum atomic E-state index is 0.130. The van der Waals surface area contributed by atoms with Crippen LogP contribution < -0.4 is 15.0 Å². The van der Waals surface area contributed by atoms with Crippen molar-refractivity contribution in [2.45, 2.75) is 38.6 Å². The van der Waals surface area contributed by atoms with Gasteiger partial charge in [-0.25, -0.2) is 4.68 Å². The normalized spacial score (nSPS) is 24.8. The first-order valence-electron chi connectivity index (χ1n) is 11.0. The fourth-order valence-electron chi connectivity index (χ4n) is 4.93. The van der Waals surface area contributed by atoms with Gasteiger partial charge in [-0.15, -0.1) is 16.4 Å². The molecule has 8 heteroatoms. The van der Waals surface area contributed by atoms with Crippen LogP contribution in [-0.4, -0.2) is 40.0 Å². The molecule has 7 nitrogen and oxygen atoms in total. The van der Waals surface area contributed by atoms with E-state index in [0.717, 1.165) is 43.9 Å². The predicted molar refractivity (Wildman–Crippen MR) is 118 cm³/mol. The molecule has 2 N–H and O–H groups in total. The SMILES string of the molecule is O=C(NCc1cccs1)[C@H]1C[NH+]2CC[C@@H]1C[C@@H]2Cn1cc(COc2ccccc2)nn1. The Kier molecular flexibility index (Phi) is 5.99. The number of para-hydroxylation sites is 1. The van der Waals surface area contributed by atoms with Crippen LogP contribution in [0.3, 0.4) is 0 Å². The largest absolute Gasteiger partial charge is 0.487 e. The number of hydrogen-bond acceptors (Lipinski definition) is 5. The Morgan fingerprint density at radius 2 is 2.16 bits per heavy atom. The highest BCUT2D eigenvalue weighted by Gasteiger charge is 2.46. The zero-order valence-corrected chi connectivity index (χ0v) is 18.3. The molecule has 0 radical (unpaired) electrons. The molecule has 31 heavy (non-hydrogen) atoms. The number of fused-ring (bicyclic) bond motifs is 3. The second kappa shape index (κ2) is 9.20. The summed E-state index contributed by atoms with van der Waals surface area (Å²) in [6, 6.07) is 14.3. The van der Waals surface area contributed by atoms with Crippen LogP contribution in [0, 0.1) is 11.8 Å². The van der Waals surface area contributed by atoms with Gasteiger partial charge in [-0.2, -0.15) is 0 Å². The average molecular weight is 439 g/mol. The third-order valence-corrected chi connectivity index (χ3v) is 7.41. The van der Waals surface area contributed by atoms with Crippen LogP contribution in [-0.2, 0) is 24.5 Å². The van der Waals surface area contributed by atoms with E-state index in [2.05, 4.69) is 21.7 Å². The first-order valence-corrected chi connectivity index (χ1v) is 11.8. The van der Waals surface area contributed by atoms with E-state index in [1.165, 1.54) is 9.78 Å². The monoisotopic (exact) mass is 438 g/mol. The number of thiophene rings is 1. The lowest BCUT2D eigenvalue weighted by molar-refractivity contribution is -0.945. The van der Waals surface area contributed by atoms with Gasteiger partial charge in [0.05, 0.1) is 38.3 Å². The molecule has 6 rings (SSSR count). The maximum absolute atomic E-state index is 12.8. The summed E-state index contributed by atoms with van der Waals surface area (Å²) in [5, 5.41) is 13.8. The molecule has 162 valence electrons. The average Bonchev–Trinajstić information content (AvgIpc) is 3.49. The molecule has 3 aliphatic rings. The molecule has 3 saturated heterocycles. The molecular weight excluding hydrogens is 410 g/mol. The molecule has 0 spiro atoms. The fraction of sp³-hybridized carbons (Fsp3) is 0.435. The van der Waals surface area contributed by atoms with Gasteiger partial charge < -0.3 is 15.0 Å². The second-order valence-corrected chi connectivity index (χ2v) is 9.56. The van der Waals surface area contributed by atoms with Crippen molar-refractivity contribution < 1.29 is 14.4 Å². The van der Waals surface area contributed by atoms with Crippen molar-refractivity contribution in [3.05, 3.63) is 64.6 Å². The third kappa shape index (κ3) is 4.80. The molecule has 0 saturated carbocycles. The summed E-state index contributed by atoms with van der Waals surface area (Å²) in [6.07, 6.45) is 4.19. The molecule has 2 bridgehead atoms. The molecule has 2 aromatic heterocycles. The first kappa shape index (κ1) is 20.2. The molecule has 1 aromatic carbocycles. The number of nitrogens with one attached hydrogen (secondary N) is 2. The van der Waals surface area contributed by atoms with E-state index in [4.69, 9.17) is 4.74 Å². The lowest BCUT2D eigenvalue weighted by atomic mass is 9.75. The summed E-state index contributed by atoms with van der Waals surface area (Å²) < 4.78 is 7.71. The summed E-state index contributed by atoms with van der Waals surface area (Å²) in [4.78, 5) is 15.5. The molecule has 0 aliphatic carbocycles. The van der Waals surface area contributed by atoms with Crippen molar-refractivity contribution in [1.29, 1.82) is 0 Å². The van der Waals surface area contributed by atoms with Gasteiger partial charge in [-0.1, -0.05) is 29.5 Å². The summed E-state index contributed by atoms with van der Waals surface area (Å²) >= 11 is 1.69. The molecule has 3 aliphatic heterocycles. The van der Waals surface area contributed by atoms with Crippen LogP contribution in [0.5, 0.6) is 5.75 Å². The van der Waals surface area contributed by atoms with Gasteiger partial charge >= 0.3 is 0 Å². The molecule has 1 unspecified atom stereocenters. The van der Waals surface area contributed by atoms with E-state index in [-0.39, 0.29) is 11.8 Å². The molecule has 5 heterocycles. The Balaban J connectivity index is 1.13. The Hall–Kier alpha value is -2.71. The topological polar surface area (TPSA) is 73.5 Å². The number of ether oxygens (including phenoxy) is 1. The van der Waals surface area contributed by atoms with E-state index < -0.39 is 0 Å². The fourth-order valence-corrected chi connectivity index (χ4v) is 5.58.